The summed E-state index contributed by atoms with van der Waals surface area (Å²) in [5, 5.41) is 14.0. The number of ether oxygens (including phenoxy) is 1. The van der Waals surface area contributed by atoms with Crippen molar-refractivity contribution >= 4 is 11.6 Å². The molecule has 0 saturated heterocycles. The predicted octanol–water partition coefficient (Wildman–Crippen LogP) is 2.69. The van der Waals surface area contributed by atoms with E-state index in [2.05, 4.69) is 22.2 Å². The fourth-order valence-electron chi connectivity index (χ4n) is 2.59. The van der Waals surface area contributed by atoms with Gasteiger partial charge in [-0.15, -0.1) is 0 Å². The van der Waals surface area contributed by atoms with E-state index in [1.54, 1.807) is 14.0 Å². The van der Waals surface area contributed by atoms with E-state index in [9.17, 15) is 10.1 Å². The number of hydrogen-bond donors (Lipinski definition) is 1. The summed E-state index contributed by atoms with van der Waals surface area (Å²) in [6.45, 7) is 3.77. The molecule has 0 aliphatic heterocycles. The molecule has 0 amide bonds. The Balaban J connectivity index is 2.28. The molecule has 1 aromatic heterocycles. The van der Waals surface area contributed by atoms with Gasteiger partial charge in [0.1, 0.15) is 11.8 Å². The highest BCUT2D eigenvalue weighted by atomic mass is 16.6. The van der Waals surface area contributed by atoms with Crippen molar-refractivity contribution in [2.75, 3.05) is 12.4 Å². The van der Waals surface area contributed by atoms with Crippen LogP contribution in [-0.2, 0) is 0 Å². The third kappa shape index (κ3) is 3.15. The minimum absolute atomic E-state index is 0.00328. The molecule has 20 heavy (non-hydrogen) atoms. The van der Waals surface area contributed by atoms with Gasteiger partial charge in [-0.3, -0.25) is 10.1 Å². The molecule has 0 spiro atoms. The average molecular weight is 280 g/mol. The fraction of sp³-hybridized carbons (Fsp3) is 0.692. The number of anilines is 1. The maximum absolute atomic E-state index is 11.2. The van der Waals surface area contributed by atoms with Gasteiger partial charge in [-0.05, 0) is 32.1 Å². The zero-order chi connectivity index (χ0) is 14.7. The smallest absolute Gasteiger partial charge is 0.352 e. The van der Waals surface area contributed by atoms with Gasteiger partial charge < -0.3 is 10.1 Å². The summed E-state index contributed by atoms with van der Waals surface area (Å²) < 4.78 is 5.81. The third-order valence-electron chi connectivity index (χ3n) is 3.60. The second-order valence-corrected chi connectivity index (χ2v) is 5.31. The first-order valence-corrected chi connectivity index (χ1v) is 6.88. The third-order valence-corrected chi connectivity index (χ3v) is 3.60. The molecular formula is C13H20N4O3. The fourth-order valence-corrected chi connectivity index (χ4v) is 2.59. The molecule has 1 N–H and O–H groups in total. The van der Waals surface area contributed by atoms with E-state index >= 15 is 0 Å². The van der Waals surface area contributed by atoms with E-state index in [-0.39, 0.29) is 17.7 Å². The lowest BCUT2D eigenvalue weighted by Crippen LogP contribution is -2.25. The van der Waals surface area contributed by atoms with Crippen molar-refractivity contribution in [3.05, 3.63) is 15.8 Å². The zero-order valence-corrected chi connectivity index (χ0v) is 12.0. The molecule has 1 aromatic rings. The van der Waals surface area contributed by atoms with E-state index in [1.807, 2.05) is 0 Å². The summed E-state index contributed by atoms with van der Waals surface area (Å²) in [5.41, 5.74) is 0.176. The van der Waals surface area contributed by atoms with Crippen LogP contribution >= 0.6 is 0 Å². The van der Waals surface area contributed by atoms with E-state index < -0.39 is 4.92 Å². The number of nitrogens with zero attached hydrogens (tertiary/aromatic N) is 3. The van der Waals surface area contributed by atoms with E-state index in [0.29, 0.717) is 17.6 Å². The average Bonchev–Trinajstić information content (AvgIpc) is 2.37. The molecule has 1 aliphatic rings. The Morgan fingerprint density at radius 2 is 2.15 bits per heavy atom. The number of aryl methyl sites for hydroxylation is 1. The summed E-state index contributed by atoms with van der Waals surface area (Å²) in [5.74, 6) is 0.998. The van der Waals surface area contributed by atoms with Gasteiger partial charge in [0, 0.05) is 7.05 Å². The Morgan fingerprint density at radius 3 is 2.75 bits per heavy atom. The largest absolute Gasteiger partial charge is 0.469 e. The SMILES string of the molecule is CNc1nc(C)c([N+](=O)[O-])c(OC2CCCC(C)C2)n1. The molecule has 1 aliphatic carbocycles. The molecule has 2 unspecified atom stereocenters. The molecule has 1 saturated carbocycles. The van der Waals surface area contributed by atoms with Gasteiger partial charge in [-0.25, -0.2) is 4.98 Å². The van der Waals surface area contributed by atoms with E-state index in [1.165, 1.54) is 6.42 Å². The van der Waals surface area contributed by atoms with Crippen LogP contribution in [0.15, 0.2) is 0 Å². The van der Waals surface area contributed by atoms with Gasteiger partial charge in [0.2, 0.25) is 5.95 Å². The highest BCUT2D eigenvalue weighted by Gasteiger charge is 2.28. The zero-order valence-electron chi connectivity index (χ0n) is 12.0. The van der Waals surface area contributed by atoms with Crippen LogP contribution in [0.25, 0.3) is 0 Å². The first-order chi connectivity index (χ1) is 9.51. The van der Waals surface area contributed by atoms with Crippen LogP contribution in [0.4, 0.5) is 11.6 Å². The van der Waals surface area contributed by atoms with Crippen LogP contribution in [-0.4, -0.2) is 28.0 Å². The lowest BCUT2D eigenvalue weighted by molar-refractivity contribution is -0.387. The minimum Gasteiger partial charge on any atom is -0.469 e. The molecule has 0 aromatic carbocycles. The van der Waals surface area contributed by atoms with Gasteiger partial charge in [0.15, 0.2) is 0 Å². The summed E-state index contributed by atoms with van der Waals surface area (Å²) in [6, 6.07) is 0. The Labute approximate surface area is 117 Å². The maximum atomic E-state index is 11.2. The van der Waals surface area contributed by atoms with E-state index in [0.717, 1.165) is 19.3 Å². The lowest BCUT2D eigenvalue weighted by atomic mass is 9.89. The number of nitrogens with one attached hydrogen (secondary N) is 1. The number of rotatable bonds is 4. The van der Waals surface area contributed by atoms with E-state index in [4.69, 9.17) is 4.74 Å². The topological polar surface area (TPSA) is 90.2 Å². The van der Waals surface area contributed by atoms with Crippen LogP contribution in [0.3, 0.4) is 0 Å². The normalized spacial score (nSPS) is 22.4. The summed E-state index contributed by atoms with van der Waals surface area (Å²) in [7, 11) is 1.67. The first-order valence-electron chi connectivity index (χ1n) is 6.88. The van der Waals surface area contributed by atoms with Gasteiger partial charge in [-0.1, -0.05) is 13.3 Å². The molecule has 7 nitrogen and oxygen atoms in total. The Kier molecular flexibility index (Phi) is 4.36. The monoisotopic (exact) mass is 280 g/mol. The van der Waals surface area contributed by atoms with Crippen LogP contribution < -0.4 is 10.1 Å². The Morgan fingerprint density at radius 1 is 1.40 bits per heavy atom. The van der Waals surface area contributed by atoms with Crippen molar-refractivity contribution in [1.82, 2.24) is 9.97 Å². The highest BCUT2D eigenvalue weighted by molar-refractivity contribution is 5.48. The lowest BCUT2D eigenvalue weighted by Gasteiger charge is -2.26. The van der Waals surface area contributed by atoms with Crippen molar-refractivity contribution in [2.45, 2.75) is 45.6 Å². The van der Waals surface area contributed by atoms with Gasteiger partial charge in [0.25, 0.3) is 5.88 Å². The molecule has 110 valence electrons. The quantitative estimate of drug-likeness (QED) is 0.673. The predicted molar refractivity (Wildman–Crippen MR) is 75.0 cm³/mol. The number of nitro groups is 1. The maximum Gasteiger partial charge on any atom is 0.352 e. The summed E-state index contributed by atoms with van der Waals surface area (Å²) in [6.07, 6.45) is 4.10. The molecule has 2 atom stereocenters. The molecule has 1 fully saturated rings. The second kappa shape index (κ2) is 6.02. The van der Waals surface area contributed by atoms with Gasteiger partial charge in [-0.2, -0.15) is 4.98 Å². The molecule has 0 radical (unpaired) electrons. The van der Waals surface area contributed by atoms with Crippen molar-refractivity contribution < 1.29 is 9.66 Å². The Bertz CT molecular complexity index is 507. The van der Waals surface area contributed by atoms with Crippen LogP contribution in [0.2, 0.25) is 0 Å². The molecular weight excluding hydrogens is 260 g/mol. The van der Waals surface area contributed by atoms with Crippen molar-refractivity contribution in [3.63, 3.8) is 0 Å². The number of hydrogen-bond acceptors (Lipinski definition) is 6. The molecule has 0 bridgehead atoms. The van der Waals surface area contributed by atoms with Gasteiger partial charge in [0.05, 0.1) is 4.92 Å². The second-order valence-electron chi connectivity index (χ2n) is 5.31. The summed E-state index contributed by atoms with van der Waals surface area (Å²) >= 11 is 0. The van der Waals surface area contributed by atoms with Crippen LogP contribution in [0, 0.1) is 23.0 Å². The van der Waals surface area contributed by atoms with Gasteiger partial charge >= 0.3 is 5.69 Å². The highest BCUT2D eigenvalue weighted by Crippen LogP contribution is 2.33. The van der Waals surface area contributed by atoms with Crippen molar-refractivity contribution in [3.8, 4) is 5.88 Å². The molecule has 1 heterocycles. The van der Waals surface area contributed by atoms with Crippen LogP contribution in [0.1, 0.15) is 38.3 Å². The van der Waals surface area contributed by atoms with Crippen molar-refractivity contribution in [2.24, 2.45) is 5.92 Å². The molecule has 7 heteroatoms. The molecule has 2 rings (SSSR count). The standard InChI is InChI=1S/C13H20N4O3/c1-8-5-4-6-10(7-8)20-12-11(17(18)19)9(2)15-13(14-3)16-12/h8,10H,4-7H2,1-3H3,(H,14,15,16). The number of aromatic nitrogens is 2. The Hall–Kier alpha value is -1.92. The van der Waals surface area contributed by atoms with Crippen LogP contribution in [0.5, 0.6) is 5.88 Å². The summed E-state index contributed by atoms with van der Waals surface area (Å²) in [4.78, 5) is 18.8. The first kappa shape index (κ1) is 14.5. The minimum atomic E-state index is -0.476. The van der Waals surface area contributed by atoms with Crippen molar-refractivity contribution in [1.29, 1.82) is 0 Å².